The predicted molar refractivity (Wildman–Crippen MR) is 56.7 cm³/mol. The van der Waals surface area contributed by atoms with Crippen molar-refractivity contribution in [3.05, 3.63) is 35.4 Å². The molecule has 4 nitrogen and oxygen atoms in total. The van der Waals surface area contributed by atoms with E-state index in [0.717, 1.165) is 5.56 Å². The summed E-state index contributed by atoms with van der Waals surface area (Å²) in [5, 5.41) is 18.4. The molecule has 0 fully saturated rings. The number of carbonyl (C=O) groups excluding carboxylic acids is 1. The van der Waals surface area contributed by atoms with E-state index in [2.05, 4.69) is 5.32 Å². The number of hydrogen-bond acceptors (Lipinski definition) is 3. The molecule has 0 heterocycles. The Morgan fingerprint density at radius 3 is 2.53 bits per heavy atom. The van der Waals surface area contributed by atoms with E-state index < -0.39 is 0 Å². The zero-order valence-corrected chi connectivity index (χ0v) is 8.37. The molecule has 15 heavy (non-hydrogen) atoms. The smallest absolute Gasteiger partial charge is 0.265 e. The minimum atomic E-state index is -0.376. The van der Waals surface area contributed by atoms with Crippen molar-refractivity contribution < 1.29 is 4.79 Å². The van der Waals surface area contributed by atoms with Gasteiger partial charge >= 0.3 is 0 Å². The third-order valence-corrected chi connectivity index (χ3v) is 1.97. The number of carbonyl (C=O) groups is 1. The van der Waals surface area contributed by atoms with Crippen molar-refractivity contribution in [2.24, 2.45) is 0 Å². The quantitative estimate of drug-likeness (QED) is 0.712. The largest absolute Gasteiger partial charge is 0.354 e. The molecule has 1 aromatic carbocycles. The van der Waals surface area contributed by atoms with E-state index in [9.17, 15) is 4.79 Å². The molecule has 0 aromatic heterocycles. The molecular formula is C11H11N3O. The number of nitriles is 1. The third-order valence-electron chi connectivity index (χ3n) is 1.97. The van der Waals surface area contributed by atoms with Gasteiger partial charge in [-0.1, -0.05) is 12.1 Å². The fourth-order valence-corrected chi connectivity index (χ4v) is 1.13. The van der Waals surface area contributed by atoms with E-state index in [1.807, 2.05) is 6.07 Å². The van der Waals surface area contributed by atoms with Crippen LogP contribution in [0.2, 0.25) is 0 Å². The van der Waals surface area contributed by atoms with Crippen molar-refractivity contribution >= 4 is 11.6 Å². The first-order valence-electron chi connectivity index (χ1n) is 4.46. The van der Waals surface area contributed by atoms with Crippen LogP contribution in [0.5, 0.6) is 0 Å². The van der Waals surface area contributed by atoms with Crippen LogP contribution in [0, 0.1) is 16.7 Å². The van der Waals surface area contributed by atoms with Crippen molar-refractivity contribution in [1.82, 2.24) is 5.32 Å². The molecule has 0 bridgehead atoms. The van der Waals surface area contributed by atoms with Gasteiger partial charge in [0.15, 0.2) is 0 Å². The Balaban J connectivity index is 2.70. The molecule has 76 valence electrons. The number of nitrogens with one attached hydrogen (secondary N) is 2. The van der Waals surface area contributed by atoms with Crippen molar-refractivity contribution in [2.75, 3.05) is 7.05 Å². The van der Waals surface area contributed by atoms with Gasteiger partial charge in [0.05, 0.1) is 11.6 Å². The fraction of sp³-hybridized carbons (Fsp3) is 0.182. The molecule has 0 spiro atoms. The van der Waals surface area contributed by atoms with Gasteiger partial charge in [0.25, 0.3) is 5.91 Å². The highest BCUT2D eigenvalue weighted by molar-refractivity contribution is 6.37. The molecule has 1 amide bonds. The Hall–Kier alpha value is -2.15. The maximum Gasteiger partial charge on any atom is 0.265 e. The molecular weight excluding hydrogens is 190 g/mol. The summed E-state index contributed by atoms with van der Waals surface area (Å²) in [6.07, 6.45) is 0.283. The van der Waals surface area contributed by atoms with Crippen molar-refractivity contribution in [1.29, 1.82) is 10.7 Å². The standard InChI is InChI=1S/C11H11N3O/c1-14-11(15)10(13)6-8-2-4-9(7-12)5-3-8/h2-5,13H,6H2,1H3,(H,14,15). The number of nitrogens with zero attached hydrogens (tertiary/aromatic N) is 1. The molecule has 4 heteroatoms. The Kier molecular flexibility index (Phi) is 3.58. The average molecular weight is 201 g/mol. The maximum absolute atomic E-state index is 11.1. The first-order chi connectivity index (χ1) is 7.17. The lowest BCUT2D eigenvalue weighted by molar-refractivity contribution is -0.114. The van der Waals surface area contributed by atoms with Crippen LogP contribution in [0.1, 0.15) is 11.1 Å². The highest BCUT2D eigenvalue weighted by Gasteiger charge is 2.07. The Morgan fingerprint density at radius 1 is 1.47 bits per heavy atom. The summed E-state index contributed by atoms with van der Waals surface area (Å²) >= 11 is 0. The number of amides is 1. The summed E-state index contributed by atoms with van der Waals surface area (Å²) in [5.41, 5.74) is 1.44. The molecule has 0 aliphatic carbocycles. The van der Waals surface area contributed by atoms with Crippen molar-refractivity contribution in [3.63, 3.8) is 0 Å². The summed E-state index contributed by atoms with van der Waals surface area (Å²) in [7, 11) is 1.50. The van der Waals surface area contributed by atoms with Crippen LogP contribution in [-0.2, 0) is 11.2 Å². The van der Waals surface area contributed by atoms with Crippen LogP contribution in [-0.4, -0.2) is 18.7 Å². The summed E-state index contributed by atoms with van der Waals surface area (Å²) in [6, 6.07) is 8.85. The number of benzene rings is 1. The van der Waals surface area contributed by atoms with E-state index in [1.54, 1.807) is 24.3 Å². The first-order valence-corrected chi connectivity index (χ1v) is 4.46. The van der Waals surface area contributed by atoms with Gasteiger partial charge in [-0.2, -0.15) is 5.26 Å². The molecule has 0 unspecified atom stereocenters. The van der Waals surface area contributed by atoms with Gasteiger partial charge in [-0.3, -0.25) is 10.2 Å². The van der Waals surface area contributed by atoms with Gasteiger partial charge in [0, 0.05) is 13.5 Å². The molecule has 0 atom stereocenters. The van der Waals surface area contributed by atoms with Gasteiger partial charge in [0.1, 0.15) is 5.71 Å². The van der Waals surface area contributed by atoms with Gasteiger partial charge < -0.3 is 5.32 Å². The zero-order valence-electron chi connectivity index (χ0n) is 8.37. The third kappa shape index (κ3) is 2.92. The van der Waals surface area contributed by atoms with Gasteiger partial charge in [-0.15, -0.1) is 0 Å². The fourth-order valence-electron chi connectivity index (χ4n) is 1.13. The number of rotatable bonds is 3. The van der Waals surface area contributed by atoms with Crippen molar-refractivity contribution in [3.8, 4) is 6.07 Å². The Morgan fingerprint density at radius 2 is 2.07 bits per heavy atom. The van der Waals surface area contributed by atoms with E-state index in [4.69, 9.17) is 10.7 Å². The predicted octanol–water partition coefficient (Wildman–Crippen LogP) is 0.867. The lowest BCUT2D eigenvalue weighted by atomic mass is 10.1. The minimum absolute atomic E-state index is 0.0159. The summed E-state index contributed by atoms with van der Waals surface area (Å²) in [4.78, 5) is 11.1. The monoisotopic (exact) mass is 201 g/mol. The van der Waals surface area contributed by atoms with Crippen LogP contribution in [0.4, 0.5) is 0 Å². The Bertz CT molecular complexity index is 414. The topological polar surface area (TPSA) is 76.7 Å². The highest BCUT2D eigenvalue weighted by atomic mass is 16.1. The normalized spacial score (nSPS) is 9.07. The van der Waals surface area contributed by atoms with E-state index in [1.165, 1.54) is 7.05 Å². The molecule has 1 rings (SSSR count). The highest BCUT2D eigenvalue weighted by Crippen LogP contribution is 2.04. The van der Waals surface area contributed by atoms with Crippen LogP contribution >= 0.6 is 0 Å². The Labute approximate surface area is 88.0 Å². The molecule has 0 aliphatic heterocycles. The summed E-state index contributed by atoms with van der Waals surface area (Å²) in [5.74, 6) is -0.376. The van der Waals surface area contributed by atoms with Crippen LogP contribution in [0.3, 0.4) is 0 Å². The lowest BCUT2D eigenvalue weighted by Crippen LogP contribution is -2.28. The second-order valence-corrected chi connectivity index (χ2v) is 3.04. The second kappa shape index (κ2) is 4.91. The average Bonchev–Trinajstić information content (AvgIpc) is 2.29. The number of hydrogen-bond donors (Lipinski definition) is 2. The minimum Gasteiger partial charge on any atom is -0.354 e. The van der Waals surface area contributed by atoms with Crippen molar-refractivity contribution in [2.45, 2.75) is 6.42 Å². The summed E-state index contributed by atoms with van der Waals surface area (Å²) < 4.78 is 0. The van der Waals surface area contributed by atoms with E-state index >= 15 is 0 Å². The molecule has 0 radical (unpaired) electrons. The van der Waals surface area contributed by atoms with Crippen LogP contribution in [0.15, 0.2) is 24.3 Å². The van der Waals surface area contributed by atoms with Gasteiger partial charge in [-0.05, 0) is 17.7 Å². The SMILES string of the molecule is CNC(=O)C(=N)Cc1ccc(C#N)cc1. The van der Waals surface area contributed by atoms with Gasteiger partial charge in [-0.25, -0.2) is 0 Å². The van der Waals surface area contributed by atoms with E-state index in [0.29, 0.717) is 5.56 Å². The summed E-state index contributed by atoms with van der Waals surface area (Å²) in [6.45, 7) is 0. The molecule has 0 saturated carbocycles. The zero-order chi connectivity index (χ0) is 11.3. The van der Waals surface area contributed by atoms with Gasteiger partial charge in [0.2, 0.25) is 0 Å². The molecule has 1 aromatic rings. The molecule has 2 N–H and O–H groups in total. The first kappa shape index (κ1) is 10.9. The van der Waals surface area contributed by atoms with E-state index in [-0.39, 0.29) is 18.0 Å². The lowest BCUT2D eigenvalue weighted by Gasteiger charge is -2.02. The molecule has 0 saturated heterocycles. The second-order valence-electron chi connectivity index (χ2n) is 3.04. The van der Waals surface area contributed by atoms with Crippen LogP contribution < -0.4 is 5.32 Å². The van der Waals surface area contributed by atoms with Crippen LogP contribution in [0.25, 0.3) is 0 Å². The maximum atomic E-state index is 11.1. The molecule has 0 aliphatic rings.